The maximum atomic E-state index is 5.39. The Morgan fingerprint density at radius 3 is 2.59 bits per heavy atom. The number of para-hydroxylation sites is 1. The van der Waals surface area contributed by atoms with Gasteiger partial charge >= 0.3 is 0 Å². The highest BCUT2D eigenvalue weighted by molar-refractivity contribution is 5.45. The molecule has 0 unspecified atom stereocenters. The fourth-order valence-corrected chi connectivity index (χ4v) is 1.78. The van der Waals surface area contributed by atoms with Gasteiger partial charge in [0.05, 0.1) is 29.2 Å². The molecule has 0 aliphatic rings. The lowest BCUT2D eigenvalue weighted by molar-refractivity contribution is 0.833. The van der Waals surface area contributed by atoms with Gasteiger partial charge in [0.25, 0.3) is 0 Å². The second kappa shape index (κ2) is 4.86. The summed E-state index contributed by atoms with van der Waals surface area (Å²) in [4.78, 5) is 0. The predicted octanol–water partition coefficient (Wildman–Crippen LogP) is 1.80. The summed E-state index contributed by atoms with van der Waals surface area (Å²) >= 11 is 0. The van der Waals surface area contributed by atoms with Gasteiger partial charge in [0.1, 0.15) is 0 Å². The maximum Gasteiger partial charge on any atom is 0.0757 e. The topological polar surface area (TPSA) is 43.8 Å². The summed E-state index contributed by atoms with van der Waals surface area (Å²) in [7, 11) is 0. The van der Waals surface area contributed by atoms with E-state index >= 15 is 0 Å². The molecule has 0 saturated carbocycles. The first kappa shape index (κ1) is 11.4. The van der Waals surface area contributed by atoms with E-state index in [1.54, 1.807) is 0 Å². The molecule has 0 aliphatic carbocycles. The van der Waals surface area contributed by atoms with E-state index in [0.29, 0.717) is 6.54 Å². The average molecular weight is 225 g/mol. The van der Waals surface area contributed by atoms with Crippen LogP contribution >= 0.6 is 0 Å². The van der Waals surface area contributed by atoms with Crippen molar-refractivity contribution >= 4 is 0 Å². The lowest BCUT2D eigenvalue weighted by Crippen LogP contribution is -1.98. The van der Waals surface area contributed by atoms with Crippen LogP contribution < -0.4 is 5.73 Å². The van der Waals surface area contributed by atoms with Crippen LogP contribution in [0, 0.1) is 25.7 Å². The van der Waals surface area contributed by atoms with Crippen LogP contribution in [0.3, 0.4) is 0 Å². The zero-order valence-electron chi connectivity index (χ0n) is 10.1. The van der Waals surface area contributed by atoms with E-state index in [-0.39, 0.29) is 0 Å². The highest BCUT2D eigenvalue weighted by Crippen LogP contribution is 2.16. The van der Waals surface area contributed by atoms with Crippen LogP contribution in [0.1, 0.15) is 17.0 Å². The van der Waals surface area contributed by atoms with E-state index in [1.807, 2.05) is 48.9 Å². The Kier molecular flexibility index (Phi) is 3.27. The first-order chi connectivity index (χ1) is 8.24. The summed E-state index contributed by atoms with van der Waals surface area (Å²) in [6.45, 7) is 4.36. The van der Waals surface area contributed by atoms with Crippen LogP contribution in [0.5, 0.6) is 0 Å². The number of aromatic nitrogens is 2. The van der Waals surface area contributed by atoms with Gasteiger partial charge < -0.3 is 5.73 Å². The van der Waals surface area contributed by atoms with Crippen LogP contribution in [-0.2, 0) is 0 Å². The van der Waals surface area contributed by atoms with Gasteiger partial charge in [0.2, 0.25) is 0 Å². The third-order valence-corrected chi connectivity index (χ3v) is 2.61. The van der Waals surface area contributed by atoms with Gasteiger partial charge in [-0.15, -0.1) is 0 Å². The van der Waals surface area contributed by atoms with E-state index in [9.17, 15) is 0 Å². The Balaban J connectivity index is 2.52. The summed E-state index contributed by atoms with van der Waals surface area (Å²) in [6, 6.07) is 10.0. The molecule has 86 valence electrons. The van der Waals surface area contributed by atoms with Gasteiger partial charge in [0, 0.05) is 0 Å². The second-order valence-electron chi connectivity index (χ2n) is 3.80. The van der Waals surface area contributed by atoms with Crippen LogP contribution in [0.15, 0.2) is 30.3 Å². The smallest absolute Gasteiger partial charge is 0.0757 e. The van der Waals surface area contributed by atoms with Crippen molar-refractivity contribution in [3.63, 3.8) is 0 Å². The van der Waals surface area contributed by atoms with Crippen LogP contribution in [0.4, 0.5) is 0 Å². The first-order valence-corrected chi connectivity index (χ1v) is 5.54. The summed E-state index contributed by atoms with van der Waals surface area (Å²) in [5, 5.41) is 4.51. The first-order valence-electron chi connectivity index (χ1n) is 5.54. The van der Waals surface area contributed by atoms with Crippen molar-refractivity contribution in [3.8, 4) is 17.5 Å². The SMILES string of the molecule is Cc1nn(-c2ccccc2)c(C)c1C#CCN. The average Bonchev–Trinajstić information content (AvgIpc) is 2.64. The molecule has 0 atom stereocenters. The molecule has 1 heterocycles. The van der Waals surface area contributed by atoms with Crippen molar-refractivity contribution < 1.29 is 0 Å². The molecule has 1 aromatic carbocycles. The molecular weight excluding hydrogens is 210 g/mol. The molecule has 0 radical (unpaired) electrons. The number of benzene rings is 1. The van der Waals surface area contributed by atoms with E-state index < -0.39 is 0 Å². The number of aryl methyl sites for hydroxylation is 1. The molecule has 3 heteroatoms. The molecule has 1 aromatic heterocycles. The van der Waals surface area contributed by atoms with Crippen molar-refractivity contribution in [1.29, 1.82) is 0 Å². The summed E-state index contributed by atoms with van der Waals surface area (Å²) in [5.74, 6) is 5.95. The van der Waals surface area contributed by atoms with Crippen molar-refractivity contribution in [2.45, 2.75) is 13.8 Å². The molecule has 0 aliphatic heterocycles. The lowest BCUT2D eigenvalue weighted by atomic mass is 10.2. The van der Waals surface area contributed by atoms with E-state index in [2.05, 4.69) is 16.9 Å². The third kappa shape index (κ3) is 2.22. The Morgan fingerprint density at radius 1 is 1.24 bits per heavy atom. The number of hydrogen-bond acceptors (Lipinski definition) is 2. The molecule has 0 fully saturated rings. The molecule has 0 spiro atoms. The van der Waals surface area contributed by atoms with Crippen LogP contribution in [0.25, 0.3) is 5.69 Å². The second-order valence-corrected chi connectivity index (χ2v) is 3.80. The van der Waals surface area contributed by atoms with Crippen LogP contribution in [-0.4, -0.2) is 16.3 Å². The normalized spacial score (nSPS) is 9.82. The van der Waals surface area contributed by atoms with Gasteiger partial charge in [-0.3, -0.25) is 0 Å². The Morgan fingerprint density at radius 2 is 1.94 bits per heavy atom. The standard InChI is InChI=1S/C14H15N3/c1-11-14(9-6-10-15)12(2)17(16-11)13-7-4-3-5-8-13/h3-5,7-8H,10,15H2,1-2H3. The number of rotatable bonds is 1. The summed E-state index contributed by atoms with van der Waals surface area (Å²) in [6.07, 6.45) is 0. The van der Waals surface area contributed by atoms with Crippen molar-refractivity contribution in [3.05, 3.63) is 47.3 Å². The number of nitrogens with zero attached hydrogens (tertiary/aromatic N) is 2. The summed E-state index contributed by atoms with van der Waals surface area (Å²) in [5.41, 5.74) is 9.40. The fourth-order valence-electron chi connectivity index (χ4n) is 1.78. The molecular formula is C14H15N3. The minimum absolute atomic E-state index is 0.370. The zero-order valence-corrected chi connectivity index (χ0v) is 10.1. The fraction of sp³-hybridized carbons (Fsp3) is 0.214. The molecule has 0 amide bonds. The van der Waals surface area contributed by atoms with Crippen molar-refractivity contribution in [1.82, 2.24) is 9.78 Å². The highest BCUT2D eigenvalue weighted by atomic mass is 15.3. The highest BCUT2D eigenvalue weighted by Gasteiger charge is 2.10. The van der Waals surface area contributed by atoms with E-state index in [0.717, 1.165) is 22.6 Å². The molecule has 2 N–H and O–H groups in total. The van der Waals surface area contributed by atoms with Gasteiger partial charge in [-0.2, -0.15) is 5.10 Å². The Bertz CT molecular complexity index is 571. The minimum Gasteiger partial charge on any atom is -0.320 e. The minimum atomic E-state index is 0.370. The number of hydrogen-bond donors (Lipinski definition) is 1. The van der Waals surface area contributed by atoms with Crippen molar-refractivity contribution in [2.75, 3.05) is 6.54 Å². The van der Waals surface area contributed by atoms with Gasteiger partial charge in [-0.05, 0) is 26.0 Å². The quantitative estimate of drug-likeness (QED) is 0.752. The number of nitrogens with two attached hydrogens (primary N) is 1. The predicted molar refractivity (Wildman–Crippen MR) is 69.0 cm³/mol. The lowest BCUT2D eigenvalue weighted by Gasteiger charge is -2.02. The molecule has 0 saturated heterocycles. The Hall–Kier alpha value is -2.05. The molecule has 17 heavy (non-hydrogen) atoms. The Labute approximate surface area is 101 Å². The maximum absolute atomic E-state index is 5.39. The van der Waals surface area contributed by atoms with Crippen LogP contribution in [0.2, 0.25) is 0 Å². The van der Waals surface area contributed by atoms with Gasteiger partial charge in [-0.1, -0.05) is 30.0 Å². The third-order valence-electron chi connectivity index (χ3n) is 2.61. The molecule has 2 aromatic rings. The molecule has 3 nitrogen and oxygen atoms in total. The molecule has 2 rings (SSSR count). The van der Waals surface area contributed by atoms with E-state index in [1.165, 1.54) is 0 Å². The van der Waals surface area contributed by atoms with Gasteiger partial charge in [-0.25, -0.2) is 4.68 Å². The summed E-state index contributed by atoms with van der Waals surface area (Å²) < 4.78 is 1.91. The molecule has 0 bridgehead atoms. The zero-order chi connectivity index (χ0) is 12.3. The largest absolute Gasteiger partial charge is 0.320 e. The van der Waals surface area contributed by atoms with Gasteiger partial charge in [0.15, 0.2) is 0 Å². The van der Waals surface area contributed by atoms with Crippen molar-refractivity contribution in [2.24, 2.45) is 5.73 Å². The monoisotopic (exact) mass is 225 g/mol. The van der Waals surface area contributed by atoms with E-state index in [4.69, 9.17) is 5.73 Å².